The number of para-hydroxylation sites is 1. The smallest absolute Gasteiger partial charge is 0.323 e. The van der Waals surface area contributed by atoms with Gasteiger partial charge in [-0.2, -0.15) is 0 Å². The van der Waals surface area contributed by atoms with Crippen molar-refractivity contribution in [2.45, 2.75) is 6.54 Å². The minimum atomic E-state index is -1.23. The monoisotopic (exact) mass is 354 g/mol. The molecule has 10 heteroatoms. The lowest BCUT2D eigenvalue weighted by molar-refractivity contribution is -0.142. The van der Waals surface area contributed by atoms with Gasteiger partial charge in [-0.15, -0.1) is 0 Å². The SMILES string of the molecule is O=C(O)CN(CC(=O)O)Cc1ccccc1N(CC(=O)O)CC(=O)O. The molecule has 0 spiro atoms. The van der Waals surface area contributed by atoms with Gasteiger partial charge in [0.2, 0.25) is 0 Å². The quantitative estimate of drug-likeness (QED) is 0.413. The Labute approximate surface area is 142 Å². The highest BCUT2D eigenvalue weighted by Gasteiger charge is 2.20. The number of nitrogens with zero attached hydrogens (tertiary/aromatic N) is 2. The number of aliphatic carboxylic acids is 4. The second-order valence-corrected chi connectivity index (χ2v) is 5.20. The molecule has 1 aromatic rings. The van der Waals surface area contributed by atoms with Crippen molar-refractivity contribution in [1.82, 2.24) is 4.90 Å². The summed E-state index contributed by atoms with van der Waals surface area (Å²) in [6.07, 6.45) is 0. The van der Waals surface area contributed by atoms with E-state index in [0.717, 1.165) is 9.80 Å². The Bertz CT molecular complexity index is 629. The fraction of sp³-hybridized carbons (Fsp3) is 0.333. The van der Waals surface area contributed by atoms with Gasteiger partial charge < -0.3 is 25.3 Å². The molecule has 0 amide bonds. The Morgan fingerprint density at radius 2 is 1.16 bits per heavy atom. The molecule has 10 nitrogen and oxygen atoms in total. The first kappa shape index (κ1) is 19.9. The first-order valence-electron chi connectivity index (χ1n) is 7.11. The fourth-order valence-electron chi connectivity index (χ4n) is 2.30. The highest BCUT2D eigenvalue weighted by atomic mass is 16.4. The van der Waals surface area contributed by atoms with Crippen molar-refractivity contribution in [1.29, 1.82) is 0 Å². The van der Waals surface area contributed by atoms with Gasteiger partial charge in [-0.3, -0.25) is 24.1 Å². The molecule has 0 heterocycles. The molecule has 0 fully saturated rings. The van der Waals surface area contributed by atoms with E-state index >= 15 is 0 Å². The molecule has 4 N–H and O–H groups in total. The van der Waals surface area contributed by atoms with E-state index in [1.165, 1.54) is 6.07 Å². The summed E-state index contributed by atoms with van der Waals surface area (Å²) in [5, 5.41) is 35.7. The molecule has 0 saturated heterocycles. The fourth-order valence-corrected chi connectivity index (χ4v) is 2.30. The van der Waals surface area contributed by atoms with E-state index in [4.69, 9.17) is 20.4 Å². The third-order valence-corrected chi connectivity index (χ3v) is 3.10. The molecule has 0 aliphatic heterocycles. The number of carbonyl (C=O) groups is 4. The molecule has 1 rings (SSSR count). The van der Waals surface area contributed by atoms with Crippen LogP contribution in [0.1, 0.15) is 5.56 Å². The lowest BCUT2D eigenvalue weighted by Gasteiger charge is -2.26. The highest BCUT2D eigenvalue weighted by molar-refractivity contribution is 5.80. The average molecular weight is 354 g/mol. The third-order valence-electron chi connectivity index (χ3n) is 3.10. The Morgan fingerprint density at radius 3 is 1.60 bits per heavy atom. The maximum absolute atomic E-state index is 11.0. The highest BCUT2D eigenvalue weighted by Crippen LogP contribution is 2.22. The van der Waals surface area contributed by atoms with Crippen molar-refractivity contribution in [2.24, 2.45) is 0 Å². The largest absolute Gasteiger partial charge is 0.480 e. The van der Waals surface area contributed by atoms with E-state index in [0.29, 0.717) is 5.56 Å². The second-order valence-electron chi connectivity index (χ2n) is 5.20. The summed E-state index contributed by atoms with van der Waals surface area (Å²) in [6.45, 7) is -2.29. The molecule has 0 unspecified atom stereocenters. The van der Waals surface area contributed by atoms with Gasteiger partial charge in [0.15, 0.2) is 0 Å². The van der Waals surface area contributed by atoms with E-state index in [2.05, 4.69) is 0 Å². The van der Waals surface area contributed by atoms with Crippen molar-refractivity contribution in [3.63, 3.8) is 0 Å². The lowest BCUT2D eigenvalue weighted by atomic mass is 10.1. The van der Waals surface area contributed by atoms with Crippen LogP contribution in [0.3, 0.4) is 0 Å². The van der Waals surface area contributed by atoms with E-state index in [1.54, 1.807) is 18.2 Å². The Kier molecular flexibility index (Phi) is 7.35. The van der Waals surface area contributed by atoms with Crippen LogP contribution in [0.25, 0.3) is 0 Å². The molecule has 25 heavy (non-hydrogen) atoms. The maximum atomic E-state index is 11.0. The van der Waals surface area contributed by atoms with Crippen LogP contribution in [0.5, 0.6) is 0 Å². The molecular weight excluding hydrogens is 336 g/mol. The topological polar surface area (TPSA) is 156 Å². The van der Waals surface area contributed by atoms with Crippen LogP contribution in [0.4, 0.5) is 5.69 Å². The molecule has 0 saturated carbocycles. The summed E-state index contributed by atoms with van der Waals surface area (Å²) in [5.41, 5.74) is 0.709. The molecular formula is C15H18N2O8. The Balaban J connectivity index is 3.13. The zero-order valence-electron chi connectivity index (χ0n) is 13.2. The average Bonchev–Trinajstić information content (AvgIpc) is 2.44. The Morgan fingerprint density at radius 1 is 0.720 bits per heavy atom. The molecule has 1 aromatic carbocycles. The summed E-state index contributed by atoms with van der Waals surface area (Å²) in [7, 11) is 0. The predicted octanol–water partition coefficient (Wildman–Crippen LogP) is -0.367. The summed E-state index contributed by atoms with van der Waals surface area (Å²) < 4.78 is 0. The number of hydrogen-bond acceptors (Lipinski definition) is 6. The van der Waals surface area contributed by atoms with Gasteiger partial charge in [-0.25, -0.2) is 0 Å². The van der Waals surface area contributed by atoms with Gasteiger partial charge in [0, 0.05) is 12.2 Å². The van der Waals surface area contributed by atoms with Gasteiger partial charge in [0.25, 0.3) is 0 Å². The van der Waals surface area contributed by atoms with Gasteiger partial charge >= 0.3 is 23.9 Å². The lowest BCUT2D eigenvalue weighted by Crippen LogP contribution is -2.37. The van der Waals surface area contributed by atoms with Gasteiger partial charge in [0.05, 0.1) is 13.1 Å². The molecule has 0 bridgehead atoms. The third kappa shape index (κ3) is 7.31. The van der Waals surface area contributed by atoms with Crippen LogP contribution < -0.4 is 4.90 Å². The number of anilines is 1. The van der Waals surface area contributed by atoms with Crippen LogP contribution >= 0.6 is 0 Å². The minimum absolute atomic E-state index is 0.0927. The molecule has 0 aliphatic rings. The zero-order chi connectivity index (χ0) is 19.0. The molecule has 0 aromatic heterocycles. The summed E-state index contributed by atoms with van der Waals surface area (Å²) >= 11 is 0. The van der Waals surface area contributed by atoms with Crippen molar-refractivity contribution < 1.29 is 39.6 Å². The van der Waals surface area contributed by atoms with Crippen molar-refractivity contribution in [3.8, 4) is 0 Å². The molecule has 136 valence electrons. The van der Waals surface area contributed by atoms with E-state index in [1.807, 2.05) is 0 Å². The minimum Gasteiger partial charge on any atom is -0.480 e. The van der Waals surface area contributed by atoms with Crippen molar-refractivity contribution in [3.05, 3.63) is 29.8 Å². The summed E-state index contributed by atoms with van der Waals surface area (Å²) in [5.74, 6) is -4.90. The second kappa shape index (κ2) is 9.23. The van der Waals surface area contributed by atoms with Crippen molar-refractivity contribution in [2.75, 3.05) is 31.1 Å². The normalized spacial score (nSPS) is 10.4. The number of rotatable bonds is 11. The van der Waals surface area contributed by atoms with Crippen LogP contribution in [0.15, 0.2) is 24.3 Å². The van der Waals surface area contributed by atoms with E-state index < -0.39 is 50.1 Å². The van der Waals surface area contributed by atoms with E-state index in [-0.39, 0.29) is 12.2 Å². The number of benzene rings is 1. The zero-order valence-corrected chi connectivity index (χ0v) is 13.2. The van der Waals surface area contributed by atoms with Crippen LogP contribution in [-0.2, 0) is 25.7 Å². The van der Waals surface area contributed by atoms with Gasteiger partial charge in [-0.1, -0.05) is 18.2 Å². The first-order valence-corrected chi connectivity index (χ1v) is 7.11. The number of carboxylic acid groups (broad SMARTS) is 4. The molecule has 0 atom stereocenters. The van der Waals surface area contributed by atoms with E-state index in [9.17, 15) is 19.2 Å². The number of carboxylic acids is 4. The first-order chi connectivity index (χ1) is 11.7. The van der Waals surface area contributed by atoms with Crippen LogP contribution in [0, 0.1) is 0 Å². The van der Waals surface area contributed by atoms with Crippen LogP contribution in [-0.4, -0.2) is 75.4 Å². The van der Waals surface area contributed by atoms with Crippen LogP contribution in [0.2, 0.25) is 0 Å². The van der Waals surface area contributed by atoms with Gasteiger partial charge in [-0.05, 0) is 11.6 Å². The molecule has 0 aliphatic carbocycles. The van der Waals surface area contributed by atoms with Gasteiger partial charge in [0.1, 0.15) is 13.1 Å². The predicted molar refractivity (Wildman–Crippen MR) is 84.5 cm³/mol. The summed E-state index contributed by atoms with van der Waals surface area (Å²) in [6, 6.07) is 6.25. The van der Waals surface area contributed by atoms with Crippen molar-refractivity contribution >= 4 is 29.6 Å². The molecule has 0 radical (unpaired) electrons. The maximum Gasteiger partial charge on any atom is 0.323 e. The standard InChI is InChI=1S/C15H18N2O8/c18-12(19)6-16(7-13(20)21)5-10-3-1-2-4-11(10)17(8-14(22)23)9-15(24)25/h1-4H,5-9H2,(H,18,19)(H,20,21)(H,22,23)(H,24,25). The summed E-state index contributed by atoms with van der Waals surface area (Å²) in [4.78, 5) is 46.0. The number of hydrogen-bond donors (Lipinski definition) is 4. The Hall–Kier alpha value is -3.14.